The van der Waals surface area contributed by atoms with E-state index in [2.05, 4.69) is 20.0 Å². The zero-order valence-corrected chi connectivity index (χ0v) is 25.8. The Labute approximate surface area is 255 Å². The highest BCUT2D eigenvalue weighted by Crippen LogP contribution is 2.50. The molecule has 2 fully saturated rings. The first-order chi connectivity index (χ1) is 20.8. The summed E-state index contributed by atoms with van der Waals surface area (Å²) in [6, 6.07) is 9.15. The monoisotopic (exact) mass is 652 g/mol. The minimum absolute atomic E-state index is 0.00497. The number of nitrogen functional groups attached to an aromatic ring is 1. The number of carbonyl (C=O) groups excluding carboxylic acids is 2. The number of imidazole rings is 1. The highest BCUT2D eigenvalue weighted by Gasteiger charge is 2.64. The smallest absolute Gasteiger partial charge is 0.424 e. The van der Waals surface area contributed by atoms with Gasteiger partial charge >= 0.3 is 13.9 Å². The van der Waals surface area contributed by atoms with Gasteiger partial charge in [0.2, 0.25) is 5.95 Å². The number of thioether (sulfide) groups is 1. The van der Waals surface area contributed by atoms with Crippen LogP contribution < -0.4 is 16.4 Å². The van der Waals surface area contributed by atoms with Crippen LogP contribution in [0.25, 0.3) is 11.2 Å². The third-order valence-corrected chi connectivity index (χ3v) is 9.92. The van der Waals surface area contributed by atoms with Crippen molar-refractivity contribution in [2.75, 3.05) is 31.3 Å². The summed E-state index contributed by atoms with van der Waals surface area (Å²) in [6.07, 6.45) is -2.71. The van der Waals surface area contributed by atoms with Crippen molar-refractivity contribution >= 4 is 47.9 Å². The molecule has 0 radical (unpaired) electrons. The molecule has 0 amide bonds. The summed E-state index contributed by atoms with van der Waals surface area (Å²) >= 11 is 0.945. The van der Waals surface area contributed by atoms with E-state index in [4.69, 9.17) is 29.0 Å². The minimum atomic E-state index is -4.03. The zero-order valence-electron chi connectivity index (χ0n) is 24.1. The van der Waals surface area contributed by atoms with Gasteiger partial charge in [0, 0.05) is 12.3 Å². The molecule has 3 aromatic rings. The maximum atomic E-state index is 13.9. The van der Waals surface area contributed by atoms with Gasteiger partial charge in [-0.3, -0.25) is 28.2 Å². The molecule has 5 rings (SSSR count). The van der Waals surface area contributed by atoms with Crippen molar-refractivity contribution in [3.05, 3.63) is 52.6 Å². The number of H-pyrrole nitrogens is 1. The van der Waals surface area contributed by atoms with Gasteiger partial charge in [0.25, 0.3) is 5.56 Å². The van der Waals surface area contributed by atoms with Gasteiger partial charge in [-0.25, -0.2) is 19.4 Å². The second-order valence-electron chi connectivity index (χ2n) is 11.0. The second-order valence-corrected chi connectivity index (χ2v) is 13.9. The number of ether oxygens (including phenoxy) is 3. The SMILES string of the molecule is CC(C)(CO)C(=O)SCCOP(=O)(NCc1ccccc1)OCC1OC(n2cnc3c(=O)[nH]c(N)nc32)C2(C)OC(=O)OC12. The lowest BCUT2D eigenvalue weighted by atomic mass is 9.96. The number of hydrogen-bond donors (Lipinski definition) is 4. The van der Waals surface area contributed by atoms with Crippen molar-refractivity contribution in [2.45, 2.75) is 51.4 Å². The number of fused-ring (bicyclic) bond motifs is 2. The second kappa shape index (κ2) is 12.6. The Morgan fingerprint density at radius 1 is 1.30 bits per heavy atom. The van der Waals surface area contributed by atoms with E-state index in [0.29, 0.717) is 0 Å². The molecule has 2 aromatic heterocycles. The van der Waals surface area contributed by atoms with E-state index in [1.54, 1.807) is 20.8 Å². The first-order valence-corrected chi connectivity index (χ1v) is 16.1. The summed E-state index contributed by atoms with van der Waals surface area (Å²) in [6.45, 7) is 4.17. The molecule has 5 N–H and O–H groups in total. The van der Waals surface area contributed by atoms with Crippen LogP contribution in [0.15, 0.2) is 41.5 Å². The van der Waals surface area contributed by atoms with Crippen molar-refractivity contribution in [1.29, 1.82) is 0 Å². The topological polar surface area (TPSA) is 219 Å². The van der Waals surface area contributed by atoms with Crippen LogP contribution in [-0.2, 0) is 39.2 Å². The fraction of sp³-hybridized carbons (Fsp3) is 0.500. The van der Waals surface area contributed by atoms with Crippen molar-refractivity contribution in [3.63, 3.8) is 0 Å². The summed E-state index contributed by atoms with van der Waals surface area (Å²) < 4.78 is 43.9. The lowest BCUT2D eigenvalue weighted by Crippen LogP contribution is -2.42. The van der Waals surface area contributed by atoms with Gasteiger partial charge in [0.15, 0.2) is 34.2 Å². The van der Waals surface area contributed by atoms with E-state index < -0.39 is 48.9 Å². The number of rotatable bonds is 13. The maximum absolute atomic E-state index is 13.9. The predicted octanol–water partition coefficient (Wildman–Crippen LogP) is 2.10. The minimum Gasteiger partial charge on any atom is -0.424 e. The highest BCUT2D eigenvalue weighted by atomic mass is 32.2. The molecule has 4 heterocycles. The number of nitrogens with two attached hydrogens (primary N) is 1. The van der Waals surface area contributed by atoms with Crippen LogP contribution >= 0.6 is 19.5 Å². The third kappa shape index (κ3) is 6.54. The number of hydrogen-bond acceptors (Lipinski definition) is 14. The molecule has 1 aromatic carbocycles. The molecule has 2 aliphatic rings. The molecule has 238 valence electrons. The molecule has 2 saturated heterocycles. The molecule has 44 heavy (non-hydrogen) atoms. The van der Waals surface area contributed by atoms with E-state index in [1.807, 2.05) is 30.3 Å². The number of nitrogens with one attached hydrogen (secondary N) is 2. The van der Waals surface area contributed by atoms with E-state index in [9.17, 15) is 24.1 Å². The van der Waals surface area contributed by atoms with E-state index in [1.165, 1.54) is 10.9 Å². The number of benzene rings is 1. The van der Waals surface area contributed by atoms with Crippen LogP contribution in [0, 0.1) is 5.41 Å². The molecule has 16 nitrogen and oxygen atoms in total. The molecular formula is C26H33N6O10PS. The van der Waals surface area contributed by atoms with Crippen LogP contribution in [0.1, 0.15) is 32.6 Å². The summed E-state index contributed by atoms with van der Waals surface area (Å²) in [5, 5.41) is 12.0. The standard InChI is InChI=1S/C26H33N6O10PS/c1-25(2,13-33)22(35)44-10-9-38-43(37,29-11-15-7-5-4-6-8-15)39-12-16-18-26(3,42-24(36)41-18)21(40-16)32-14-28-17-19(32)30-23(27)31-20(17)34/h4-8,14,16,18,21,33H,9-13H2,1-3H3,(H,29,37)(H3,27,30,31,34). The van der Waals surface area contributed by atoms with Gasteiger partial charge < -0.3 is 25.1 Å². The molecule has 0 spiro atoms. The van der Waals surface area contributed by atoms with E-state index >= 15 is 0 Å². The van der Waals surface area contributed by atoms with Crippen molar-refractivity contribution < 1.29 is 42.5 Å². The van der Waals surface area contributed by atoms with Crippen molar-refractivity contribution in [2.24, 2.45) is 5.41 Å². The Morgan fingerprint density at radius 2 is 2.05 bits per heavy atom. The quantitative estimate of drug-likeness (QED) is 0.118. The molecule has 5 atom stereocenters. The van der Waals surface area contributed by atoms with Crippen LogP contribution in [0.5, 0.6) is 0 Å². The first-order valence-electron chi connectivity index (χ1n) is 13.6. The molecule has 18 heteroatoms. The summed E-state index contributed by atoms with van der Waals surface area (Å²) in [5.74, 6) is 0.00518. The number of aliphatic hydroxyl groups is 1. The number of nitrogens with zero attached hydrogens (tertiary/aromatic N) is 3. The normalized spacial score (nSPS) is 24.5. The van der Waals surface area contributed by atoms with Crippen molar-refractivity contribution in [3.8, 4) is 0 Å². The zero-order chi connectivity index (χ0) is 31.7. The molecule has 0 bridgehead atoms. The molecule has 5 unspecified atom stereocenters. The van der Waals surface area contributed by atoms with Gasteiger partial charge in [-0.2, -0.15) is 4.98 Å². The van der Waals surface area contributed by atoms with Crippen LogP contribution in [-0.4, -0.2) is 79.3 Å². The average molecular weight is 653 g/mol. The summed E-state index contributed by atoms with van der Waals surface area (Å²) in [5.41, 5.74) is 3.74. The average Bonchev–Trinajstić information content (AvgIpc) is 3.62. The maximum Gasteiger partial charge on any atom is 0.509 e. The van der Waals surface area contributed by atoms with Gasteiger partial charge in [0.05, 0.1) is 31.6 Å². The fourth-order valence-electron chi connectivity index (χ4n) is 4.71. The molecule has 0 aliphatic carbocycles. The lowest BCUT2D eigenvalue weighted by molar-refractivity contribution is -0.119. The first kappa shape index (κ1) is 32.1. The molecule has 2 aliphatic heterocycles. The van der Waals surface area contributed by atoms with E-state index in [0.717, 1.165) is 17.3 Å². The largest absolute Gasteiger partial charge is 0.509 e. The molecular weight excluding hydrogens is 619 g/mol. The number of anilines is 1. The Bertz CT molecular complexity index is 1630. The van der Waals surface area contributed by atoms with Crippen molar-refractivity contribution in [1.82, 2.24) is 24.6 Å². The number of aliphatic hydroxyl groups excluding tert-OH is 1. The Balaban J connectivity index is 1.32. The highest BCUT2D eigenvalue weighted by molar-refractivity contribution is 8.13. The lowest BCUT2D eigenvalue weighted by Gasteiger charge is -2.26. The number of aromatic nitrogens is 4. The summed E-state index contributed by atoms with van der Waals surface area (Å²) in [7, 11) is -4.03. The van der Waals surface area contributed by atoms with E-state index in [-0.39, 0.29) is 54.3 Å². The fourth-order valence-corrected chi connectivity index (χ4v) is 6.95. The number of aromatic amines is 1. The number of carbonyl (C=O) groups is 2. The van der Waals surface area contributed by atoms with Crippen LogP contribution in [0.2, 0.25) is 0 Å². The Morgan fingerprint density at radius 3 is 2.77 bits per heavy atom. The Hall–Kier alpha value is -3.31. The van der Waals surface area contributed by atoms with Gasteiger partial charge in [-0.15, -0.1) is 0 Å². The van der Waals surface area contributed by atoms with Gasteiger partial charge in [0.1, 0.15) is 6.10 Å². The Kier molecular flexibility index (Phi) is 9.18. The van der Waals surface area contributed by atoms with Gasteiger partial charge in [-0.1, -0.05) is 42.1 Å². The van der Waals surface area contributed by atoms with Gasteiger partial charge in [-0.05, 0) is 26.3 Å². The predicted molar refractivity (Wildman–Crippen MR) is 157 cm³/mol. The van der Waals surface area contributed by atoms with Crippen LogP contribution in [0.3, 0.4) is 0 Å². The summed E-state index contributed by atoms with van der Waals surface area (Å²) in [4.78, 5) is 47.6. The third-order valence-electron chi connectivity index (χ3n) is 7.18. The molecule has 0 saturated carbocycles. The van der Waals surface area contributed by atoms with Crippen LogP contribution in [0.4, 0.5) is 10.7 Å².